The number of nitrogens with one attached hydrogen (secondary N) is 2. The second-order valence-corrected chi connectivity index (χ2v) is 5.71. The van der Waals surface area contributed by atoms with E-state index < -0.39 is 11.9 Å². The number of rotatable bonds is 4. The first-order valence-electron chi connectivity index (χ1n) is 7.38. The summed E-state index contributed by atoms with van der Waals surface area (Å²) < 4.78 is 44.7. The molecule has 0 unspecified atom stereocenters. The van der Waals surface area contributed by atoms with Gasteiger partial charge >= 0.3 is 6.18 Å². The summed E-state index contributed by atoms with van der Waals surface area (Å²) in [5, 5.41) is 2.71. The summed E-state index contributed by atoms with van der Waals surface area (Å²) in [7, 11) is 0. The molecule has 0 saturated carbocycles. The van der Waals surface area contributed by atoms with Crippen molar-refractivity contribution in [2.45, 2.75) is 25.6 Å². The second kappa shape index (κ2) is 6.89. The van der Waals surface area contributed by atoms with Crippen LogP contribution in [0.2, 0.25) is 0 Å². The number of hydrogen-bond donors (Lipinski definition) is 2. The van der Waals surface area contributed by atoms with Crippen LogP contribution in [-0.4, -0.2) is 10.9 Å². The van der Waals surface area contributed by atoms with Gasteiger partial charge in [-0.1, -0.05) is 6.07 Å². The molecule has 2 heterocycles. The molecule has 2 aromatic rings. The number of aromatic nitrogens is 1. The third-order valence-electron chi connectivity index (χ3n) is 3.65. The largest absolute Gasteiger partial charge is 0.439 e. The molecular formula is C16H13ClF3N3O2. The lowest BCUT2D eigenvalue weighted by Gasteiger charge is -2.20. The molecular weight excluding hydrogens is 359 g/mol. The fourth-order valence-corrected chi connectivity index (χ4v) is 2.69. The highest BCUT2D eigenvalue weighted by Gasteiger charge is 2.33. The molecule has 0 fully saturated rings. The van der Waals surface area contributed by atoms with Crippen molar-refractivity contribution in [3.8, 4) is 11.6 Å². The molecule has 25 heavy (non-hydrogen) atoms. The topological polar surface area (TPSA) is 63.2 Å². The monoisotopic (exact) mass is 371 g/mol. The van der Waals surface area contributed by atoms with Gasteiger partial charge in [0.2, 0.25) is 11.8 Å². The number of ether oxygens (including phenoxy) is 1. The van der Waals surface area contributed by atoms with Crippen molar-refractivity contribution >= 4 is 23.4 Å². The zero-order chi connectivity index (χ0) is 18.0. The number of halogens is 4. The highest BCUT2D eigenvalue weighted by atomic mass is 35.5. The normalized spacial score (nSPS) is 14.0. The van der Waals surface area contributed by atoms with Gasteiger partial charge in [0.1, 0.15) is 11.4 Å². The van der Waals surface area contributed by atoms with E-state index in [1.807, 2.05) is 0 Å². The lowest BCUT2D eigenvalue weighted by atomic mass is 10.0. The number of amides is 1. The summed E-state index contributed by atoms with van der Waals surface area (Å²) in [6, 6.07) is 7.27. The number of benzene rings is 1. The van der Waals surface area contributed by atoms with Gasteiger partial charge in [-0.3, -0.25) is 4.79 Å². The maximum Gasteiger partial charge on any atom is 0.433 e. The molecule has 9 heteroatoms. The standard InChI is InChI=1S/C16H13ClF3N3O2/c17-21-8-9-6-13(16(18,19)20)23-15(7-9)25-12-3-1-2-11-10(12)4-5-14(24)22-11/h1-3,6-7,21H,4-5,8H2,(H,22,24). The van der Waals surface area contributed by atoms with Crippen molar-refractivity contribution in [3.05, 3.63) is 47.2 Å². The highest BCUT2D eigenvalue weighted by molar-refractivity contribution is 6.13. The van der Waals surface area contributed by atoms with Crippen LogP contribution in [0.25, 0.3) is 0 Å². The van der Waals surface area contributed by atoms with Crippen LogP contribution in [0.5, 0.6) is 11.6 Å². The number of alkyl halides is 3. The van der Waals surface area contributed by atoms with Crippen LogP contribution in [0, 0.1) is 0 Å². The Morgan fingerprint density at radius 2 is 2.08 bits per heavy atom. The lowest BCUT2D eigenvalue weighted by Crippen LogP contribution is -2.19. The van der Waals surface area contributed by atoms with Gasteiger partial charge in [0, 0.05) is 30.3 Å². The minimum atomic E-state index is -4.61. The molecule has 0 spiro atoms. The van der Waals surface area contributed by atoms with Gasteiger partial charge in [0.05, 0.1) is 0 Å². The maximum absolute atomic E-state index is 13.0. The van der Waals surface area contributed by atoms with Crippen molar-refractivity contribution in [1.82, 2.24) is 9.82 Å². The predicted molar refractivity (Wildman–Crippen MR) is 85.4 cm³/mol. The summed E-state index contributed by atoms with van der Waals surface area (Å²) in [6.07, 6.45) is -3.89. The molecule has 0 radical (unpaired) electrons. The van der Waals surface area contributed by atoms with Crippen molar-refractivity contribution < 1.29 is 22.7 Å². The SMILES string of the molecule is O=C1CCc2c(cccc2Oc2cc(CNCl)cc(C(F)(F)F)n2)N1. The molecule has 1 aliphatic rings. The van der Waals surface area contributed by atoms with Gasteiger partial charge in [0.25, 0.3) is 0 Å². The third kappa shape index (κ3) is 4.02. The van der Waals surface area contributed by atoms with E-state index in [2.05, 4.69) is 15.1 Å². The molecule has 1 aromatic heterocycles. The van der Waals surface area contributed by atoms with Gasteiger partial charge in [-0.2, -0.15) is 13.2 Å². The van der Waals surface area contributed by atoms with E-state index in [0.717, 1.165) is 11.6 Å². The Bertz CT molecular complexity index is 812. The van der Waals surface area contributed by atoms with E-state index in [1.165, 1.54) is 6.07 Å². The Morgan fingerprint density at radius 3 is 2.80 bits per heavy atom. The smallest absolute Gasteiger partial charge is 0.433 e. The van der Waals surface area contributed by atoms with Crippen molar-refractivity contribution in [2.24, 2.45) is 0 Å². The summed E-state index contributed by atoms with van der Waals surface area (Å²) in [6.45, 7) is 0.0203. The van der Waals surface area contributed by atoms with Crippen molar-refractivity contribution in [2.75, 3.05) is 5.32 Å². The van der Waals surface area contributed by atoms with Crippen molar-refractivity contribution in [3.63, 3.8) is 0 Å². The van der Waals surface area contributed by atoms with Gasteiger partial charge < -0.3 is 10.1 Å². The predicted octanol–water partition coefficient (Wildman–Crippen LogP) is 4.02. The van der Waals surface area contributed by atoms with Gasteiger partial charge in [-0.05, 0) is 42.0 Å². The zero-order valence-electron chi connectivity index (χ0n) is 12.8. The van der Waals surface area contributed by atoms with Crippen LogP contribution in [0.1, 0.15) is 23.2 Å². The molecule has 0 aliphatic carbocycles. The molecule has 0 bridgehead atoms. The molecule has 0 saturated heterocycles. The fraction of sp³-hybridized carbons (Fsp3) is 0.250. The Labute approximate surface area is 146 Å². The van der Waals surface area contributed by atoms with Gasteiger partial charge in [-0.15, -0.1) is 0 Å². The highest BCUT2D eigenvalue weighted by Crippen LogP contribution is 2.35. The lowest BCUT2D eigenvalue weighted by molar-refractivity contribution is -0.141. The molecule has 5 nitrogen and oxygen atoms in total. The molecule has 1 aliphatic heterocycles. The van der Waals surface area contributed by atoms with Crippen LogP contribution in [-0.2, 0) is 23.9 Å². The van der Waals surface area contributed by atoms with E-state index in [1.54, 1.807) is 18.2 Å². The zero-order valence-corrected chi connectivity index (χ0v) is 13.5. The van der Waals surface area contributed by atoms with Gasteiger partial charge in [0.15, 0.2) is 0 Å². The van der Waals surface area contributed by atoms with E-state index in [-0.39, 0.29) is 30.3 Å². The van der Waals surface area contributed by atoms with Crippen molar-refractivity contribution in [1.29, 1.82) is 0 Å². The first-order chi connectivity index (χ1) is 11.9. The molecule has 1 amide bonds. The number of hydrogen-bond acceptors (Lipinski definition) is 4. The van der Waals surface area contributed by atoms with Crippen LogP contribution in [0.15, 0.2) is 30.3 Å². The Kier molecular flexibility index (Phi) is 4.82. The average Bonchev–Trinajstić information content (AvgIpc) is 2.54. The summed E-state index contributed by atoms with van der Waals surface area (Å²) in [4.78, 5) is 17.3. The van der Waals surface area contributed by atoms with E-state index >= 15 is 0 Å². The van der Waals surface area contributed by atoms with Crippen LogP contribution >= 0.6 is 11.8 Å². The van der Waals surface area contributed by atoms with E-state index in [0.29, 0.717) is 17.9 Å². The Morgan fingerprint density at radius 1 is 1.28 bits per heavy atom. The molecule has 1 aromatic carbocycles. The summed E-state index contributed by atoms with van der Waals surface area (Å²) in [5.74, 6) is 0.0495. The Balaban J connectivity index is 1.97. The third-order valence-corrected chi connectivity index (χ3v) is 3.78. The number of carbonyl (C=O) groups is 1. The van der Waals surface area contributed by atoms with Crippen LogP contribution < -0.4 is 14.9 Å². The number of fused-ring (bicyclic) bond motifs is 1. The molecule has 2 N–H and O–H groups in total. The average molecular weight is 372 g/mol. The minimum absolute atomic E-state index is 0.0203. The fourth-order valence-electron chi connectivity index (χ4n) is 2.54. The minimum Gasteiger partial charge on any atom is -0.439 e. The number of carbonyl (C=O) groups excluding carboxylic acids is 1. The molecule has 132 valence electrons. The maximum atomic E-state index is 13.0. The number of anilines is 1. The summed E-state index contributed by atoms with van der Waals surface area (Å²) in [5.41, 5.74) is 0.525. The van der Waals surface area contributed by atoms with Crippen LogP contribution in [0.4, 0.5) is 18.9 Å². The van der Waals surface area contributed by atoms with Gasteiger partial charge in [-0.25, -0.2) is 9.82 Å². The second-order valence-electron chi connectivity index (χ2n) is 5.44. The molecule has 0 atom stereocenters. The first-order valence-corrected chi connectivity index (χ1v) is 7.76. The number of nitrogens with zero attached hydrogens (tertiary/aromatic N) is 1. The van der Waals surface area contributed by atoms with E-state index in [9.17, 15) is 18.0 Å². The molecule has 3 rings (SSSR count). The van der Waals surface area contributed by atoms with E-state index in [4.69, 9.17) is 16.5 Å². The number of pyridine rings is 1. The quantitative estimate of drug-likeness (QED) is 0.797. The summed E-state index contributed by atoms with van der Waals surface area (Å²) >= 11 is 5.39. The Hall–Kier alpha value is -2.32. The first kappa shape index (κ1) is 17.5. The van der Waals surface area contributed by atoms with Crippen LogP contribution in [0.3, 0.4) is 0 Å².